The fraction of sp³-hybridized carbons (Fsp3) is 0.333. The second-order valence-electron chi connectivity index (χ2n) is 10.1. The van der Waals surface area contributed by atoms with Crippen LogP contribution in [-0.4, -0.2) is 39.4 Å². The van der Waals surface area contributed by atoms with E-state index in [-0.39, 0.29) is 17.9 Å². The molecule has 0 spiro atoms. The molecule has 182 valence electrons. The number of hydrogen-bond donors (Lipinski definition) is 0. The van der Waals surface area contributed by atoms with E-state index < -0.39 is 17.7 Å². The van der Waals surface area contributed by atoms with Crippen LogP contribution in [0.25, 0.3) is 0 Å². The Kier molecular flexibility index (Phi) is 7.37. The third-order valence-corrected chi connectivity index (χ3v) is 6.30. The number of carbonyl (C=O) groups excluding carboxylic acids is 2. The number of ether oxygens (including phenoxy) is 1. The second kappa shape index (κ2) is 10.4. The Balaban J connectivity index is 1.69. The zero-order chi connectivity index (χ0) is 25.0. The number of benzene rings is 3. The largest absolute Gasteiger partial charge is 0.458 e. The van der Waals surface area contributed by atoms with Crippen molar-refractivity contribution in [3.05, 3.63) is 108 Å². The lowest BCUT2D eigenvalue weighted by Gasteiger charge is -2.52. The molecule has 4 rings (SSSR count). The first-order chi connectivity index (χ1) is 16.7. The highest BCUT2D eigenvalue weighted by Gasteiger charge is 2.57. The maximum Gasteiger partial charge on any atom is 0.331 e. The Morgan fingerprint density at radius 2 is 1.31 bits per heavy atom. The van der Waals surface area contributed by atoms with Crippen LogP contribution >= 0.6 is 0 Å². The number of nitrogens with zero attached hydrogens (tertiary/aromatic N) is 2. The Morgan fingerprint density at radius 1 is 0.857 bits per heavy atom. The third-order valence-electron chi connectivity index (χ3n) is 6.30. The summed E-state index contributed by atoms with van der Waals surface area (Å²) in [6.07, 6.45) is 0. The van der Waals surface area contributed by atoms with Gasteiger partial charge in [0.1, 0.15) is 11.6 Å². The van der Waals surface area contributed by atoms with Crippen molar-refractivity contribution in [1.29, 1.82) is 0 Å². The molecule has 0 N–H and O–H groups in total. The fourth-order valence-corrected chi connectivity index (χ4v) is 4.67. The molecule has 1 saturated heterocycles. The molecule has 0 saturated carbocycles. The molecule has 3 aromatic rings. The fourth-order valence-electron chi connectivity index (χ4n) is 4.67. The maximum atomic E-state index is 13.8. The van der Waals surface area contributed by atoms with Gasteiger partial charge in [-0.05, 0) is 44.4 Å². The first-order valence-corrected chi connectivity index (χ1v) is 12.2. The van der Waals surface area contributed by atoms with E-state index in [0.717, 1.165) is 16.7 Å². The van der Waals surface area contributed by atoms with E-state index in [9.17, 15) is 9.59 Å². The second-order valence-corrected chi connectivity index (χ2v) is 10.1. The summed E-state index contributed by atoms with van der Waals surface area (Å²) in [7, 11) is 0. The lowest BCUT2D eigenvalue weighted by atomic mass is 9.88. The number of esters is 1. The van der Waals surface area contributed by atoms with Crippen LogP contribution < -0.4 is 0 Å². The predicted molar refractivity (Wildman–Crippen MR) is 137 cm³/mol. The highest BCUT2D eigenvalue weighted by Crippen LogP contribution is 2.37. The summed E-state index contributed by atoms with van der Waals surface area (Å²) >= 11 is 0. The Hall–Kier alpha value is -3.44. The zero-order valence-electron chi connectivity index (χ0n) is 20.9. The summed E-state index contributed by atoms with van der Waals surface area (Å²) in [4.78, 5) is 31.1. The summed E-state index contributed by atoms with van der Waals surface area (Å²) < 4.78 is 5.83. The van der Waals surface area contributed by atoms with Gasteiger partial charge < -0.3 is 9.64 Å². The SMILES string of the molecule is C[C@H](c1ccccc1)N1C(=O)[C@H](N(Cc2ccccc2)Cc2ccccc2)[C@@H]1C(=O)OC(C)(C)C. The van der Waals surface area contributed by atoms with Crippen molar-refractivity contribution in [1.82, 2.24) is 9.80 Å². The molecule has 1 aliphatic heterocycles. The third kappa shape index (κ3) is 5.80. The lowest BCUT2D eigenvalue weighted by Crippen LogP contribution is -2.73. The zero-order valence-corrected chi connectivity index (χ0v) is 20.9. The van der Waals surface area contributed by atoms with Gasteiger partial charge in [-0.25, -0.2) is 4.79 Å². The van der Waals surface area contributed by atoms with E-state index in [1.807, 2.05) is 119 Å². The molecule has 0 bridgehead atoms. The van der Waals surface area contributed by atoms with Gasteiger partial charge in [-0.15, -0.1) is 0 Å². The van der Waals surface area contributed by atoms with Gasteiger partial charge in [0.2, 0.25) is 5.91 Å². The average Bonchev–Trinajstić information content (AvgIpc) is 2.83. The van der Waals surface area contributed by atoms with Crippen LogP contribution in [-0.2, 0) is 27.4 Å². The van der Waals surface area contributed by atoms with Crippen molar-refractivity contribution in [2.45, 2.75) is 64.5 Å². The summed E-state index contributed by atoms with van der Waals surface area (Å²) in [6, 6.07) is 28.4. The highest BCUT2D eigenvalue weighted by molar-refractivity contribution is 6.00. The molecule has 0 radical (unpaired) electrons. The molecule has 1 aliphatic rings. The van der Waals surface area contributed by atoms with Gasteiger partial charge in [0.05, 0.1) is 6.04 Å². The van der Waals surface area contributed by atoms with Crippen LogP contribution in [0.3, 0.4) is 0 Å². The van der Waals surface area contributed by atoms with Gasteiger partial charge >= 0.3 is 5.97 Å². The van der Waals surface area contributed by atoms with Crippen molar-refractivity contribution < 1.29 is 14.3 Å². The van der Waals surface area contributed by atoms with E-state index in [1.165, 1.54) is 0 Å². The van der Waals surface area contributed by atoms with Gasteiger partial charge in [-0.1, -0.05) is 91.0 Å². The average molecular weight is 471 g/mol. The van der Waals surface area contributed by atoms with Crippen molar-refractivity contribution in [3.63, 3.8) is 0 Å². The minimum atomic E-state index is -0.690. The first kappa shape index (κ1) is 24.7. The van der Waals surface area contributed by atoms with Crippen molar-refractivity contribution in [2.24, 2.45) is 0 Å². The minimum Gasteiger partial charge on any atom is -0.458 e. The topological polar surface area (TPSA) is 49.9 Å². The van der Waals surface area contributed by atoms with Gasteiger partial charge in [-0.2, -0.15) is 0 Å². The molecule has 3 atom stereocenters. The summed E-state index contributed by atoms with van der Waals surface area (Å²) in [5.41, 5.74) is 2.53. The minimum absolute atomic E-state index is 0.0518. The molecule has 3 aromatic carbocycles. The van der Waals surface area contributed by atoms with Crippen LogP contribution in [0.4, 0.5) is 0 Å². The van der Waals surface area contributed by atoms with E-state index in [4.69, 9.17) is 4.74 Å². The van der Waals surface area contributed by atoms with Crippen molar-refractivity contribution >= 4 is 11.9 Å². The number of likely N-dealkylation sites (tertiary alicyclic amines) is 1. The quantitative estimate of drug-likeness (QED) is 0.328. The van der Waals surface area contributed by atoms with Crippen LogP contribution in [0.5, 0.6) is 0 Å². The molecule has 0 unspecified atom stereocenters. The Morgan fingerprint density at radius 3 is 1.77 bits per heavy atom. The van der Waals surface area contributed by atoms with Crippen LogP contribution in [0.2, 0.25) is 0 Å². The van der Waals surface area contributed by atoms with Gasteiger partial charge in [0, 0.05) is 13.1 Å². The lowest BCUT2D eigenvalue weighted by molar-refractivity contribution is -0.187. The highest BCUT2D eigenvalue weighted by atomic mass is 16.6. The molecule has 1 fully saturated rings. The molecule has 5 nitrogen and oxygen atoms in total. The molecule has 0 aromatic heterocycles. The first-order valence-electron chi connectivity index (χ1n) is 12.2. The van der Waals surface area contributed by atoms with E-state index >= 15 is 0 Å². The van der Waals surface area contributed by atoms with E-state index in [2.05, 4.69) is 4.90 Å². The molecule has 35 heavy (non-hydrogen) atoms. The summed E-state index contributed by atoms with van der Waals surface area (Å²) in [5.74, 6) is -0.417. The number of carbonyl (C=O) groups is 2. The number of β-lactam (4-membered cyclic amide) rings is 1. The van der Waals surface area contributed by atoms with Crippen LogP contribution in [0, 0.1) is 0 Å². The molecule has 0 aliphatic carbocycles. The van der Waals surface area contributed by atoms with Crippen LogP contribution in [0.15, 0.2) is 91.0 Å². The molecular formula is C30H34N2O3. The monoisotopic (exact) mass is 470 g/mol. The predicted octanol–water partition coefficient (Wildman–Crippen LogP) is 5.37. The molecule has 5 heteroatoms. The van der Waals surface area contributed by atoms with Gasteiger partial charge in [0.25, 0.3) is 0 Å². The van der Waals surface area contributed by atoms with Crippen LogP contribution in [0.1, 0.15) is 50.4 Å². The molecule has 1 amide bonds. The standard InChI is InChI=1S/C30H34N2O3/c1-22(25-18-12-7-13-19-25)32-27(29(34)35-30(2,3)4)26(28(32)33)31(20-23-14-8-5-9-15-23)21-24-16-10-6-11-17-24/h5-19,22,26-27H,20-21H2,1-4H3/t22-,26-,27-/m1/s1. The Labute approximate surface area is 208 Å². The maximum absolute atomic E-state index is 13.8. The van der Waals surface area contributed by atoms with Crippen molar-refractivity contribution in [3.8, 4) is 0 Å². The number of hydrogen-bond acceptors (Lipinski definition) is 4. The number of rotatable bonds is 8. The smallest absolute Gasteiger partial charge is 0.331 e. The Bertz CT molecular complexity index is 1090. The van der Waals surface area contributed by atoms with E-state index in [0.29, 0.717) is 13.1 Å². The van der Waals surface area contributed by atoms with Crippen molar-refractivity contribution in [2.75, 3.05) is 0 Å². The molecular weight excluding hydrogens is 436 g/mol. The normalized spacial score (nSPS) is 18.8. The number of amides is 1. The van der Waals surface area contributed by atoms with E-state index in [1.54, 1.807) is 4.90 Å². The molecule has 1 heterocycles. The van der Waals surface area contributed by atoms with Gasteiger partial charge in [0.15, 0.2) is 6.04 Å². The summed E-state index contributed by atoms with van der Waals surface area (Å²) in [5, 5.41) is 0. The van der Waals surface area contributed by atoms with Gasteiger partial charge in [-0.3, -0.25) is 9.69 Å². The summed E-state index contributed by atoms with van der Waals surface area (Å²) in [6.45, 7) is 8.66.